The molecule has 0 unspecified atom stereocenters. The average molecular weight is 642 g/mol. The lowest BCUT2D eigenvalue weighted by Gasteiger charge is -2.33. The minimum atomic E-state index is -4.78. The van der Waals surface area contributed by atoms with Gasteiger partial charge in [-0.2, -0.15) is 13.2 Å². The predicted molar refractivity (Wildman–Crippen MR) is 162 cm³/mol. The molecule has 12 heteroatoms. The lowest BCUT2D eigenvalue weighted by Crippen LogP contribution is -2.53. The number of carbonyl (C=O) groups excluding carboxylic acids is 2. The third kappa shape index (κ3) is 8.27. The van der Waals surface area contributed by atoms with E-state index in [-0.39, 0.29) is 23.5 Å². The summed E-state index contributed by atoms with van der Waals surface area (Å²) in [5.74, 6) is -1.94. The van der Waals surface area contributed by atoms with Crippen molar-refractivity contribution in [2.24, 2.45) is 0 Å². The number of likely N-dealkylation sites (N-methyl/N-ethyl adjacent to an activating group) is 1. The molecule has 0 spiro atoms. The topological polar surface area (TPSA) is 86.8 Å². The van der Waals surface area contributed by atoms with Gasteiger partial charge in [0.1, 0.15) is 18.4 Å². The number of sulfonamides is 1. The average Bonchev–Trinajstić information content (AvgIpc) is 3.02. The molecule has 0 saturated heterocycles. The minimum Gasteiger partial charge on any atom is -0.357 e. The third-order valence-electron chi connectivity index (χ3n) is 7.13. The van der Waals surface area contributed by atoms with Crippen LogP contribution in [0.3, 0.4) is 0 Å². The van der Waals surface area contributed by atoms with Crippen molar-refractivity contribution in [3.63, 3.8) is 0 Å². The van der Waals surface area contributed by atoms with Gasteiger partial charge in [0.15, 0.2) is 0 Å². The van der Waals surface area contributed by atoms with Gasteiger partial charge in [-0.1, -0.05) is 66.2 Å². The van der Waals surface area contributed by atoms with E-state index in [1.807, 2.05) is 0 Å². The second-order valence-corrected chi connectivity index (χ2v) is 12.2. The zero-order valence-electron chi connectivity index (χ0n) is 24.5. The second-order valence-electron chi connectivity index (χ2n) is 10.3. The molecule has 45 heavy (non-hydrogen) atoms. The van der Waals surface area contributed by atoms with Crippen molar-refractivity contribution in [1.82, 2.24) is 10.2 Å². The summed E-state index contributed by atoms with van der Waals surface area (Å²) >= 11 is 0. The Labute approximate surface area is 259 Å². The Hall–Kier alpha value is -4.71. The van der Waals surface area contributed by atoms with E-state index in [1.165, 1.54) is 61.6 Å². The van der Waals surface area contributed by atoms with Crippen molar-refractivity contribution in [2.45, 2.75) is 37.0 Å². The maximum absolute atomic E-state index is 14.2. The first-order valence-electron chi connectivity index (χ1n) is 13.9. The molecule has 4 rings (SSSR count). The first-order chi connectivity index (χ1) is 21.3. The highest BCUT2D eigenvalue weighted by Gasteiger charge is 2.36. The highest BCUT2D eigenvalue weighted by molar-refractivity contribution is 7.92. The van der Waals surface area contributed by atoms with Crippen molar-refractivity contribution < 1.29 is 35.6 Å². The molecule has 236 valence electrons. The van der Waals surface area contributed by atoms with Crippen LogP contribution < -0.4 is 9.62 Å². The van der Waals surface area contributed by atoms with Gasteiger partial charge in [-0.25, -0.2) is 12.8 Å². The van der Waals surface area contributed by atoms with E-state index in [9.17, 15) is 35.6 Å². The predicted octanol–water partition coefficient (Wildman–Crippen LogP) is 5.73. The van der Waals surface area contributed by atoms with Crippen LogP contribution in [0, 0.1) is 12.7 Å². The molecule has 0 bridgehead atoms. The van der Waals surface area contributed by atoms with Crippen LogP contribution in [0.2, 0.25) is 0 Å². The van der Waals surface area contributed by atoms with E-state index < -0.39 is 52.0 Å². The fraction of sp³-hybridized carbons (Fsp3) is 0.212. The van der Waals surface area contributed by atoms with Crippen LogP contribution in [0.4, 0.5) is 23.2 Å². The van der Waals surface area contributed by atoms with Crippen molar-refractivity contribution in [3.05, 3.63) is 131 Å². The van der Waals surface area contributed by atoms with Crippen LogP contribution >= 0.6 is 0 Å². The Morgan fingerprint density at radius 2 is 1.49 bits per heavy atom. The number of nitrogens with zero attached hydrogens (tertiary/aromatic N) is 2. The van der Waals surface area contributed by atoms with Crippen molar-refractivity contribution in [1.29, 1.82) is 0 Å². The van der Waals surface area contributed by atoms with E-state index >= 15 is 0 Å². The lowest BCUT2D eigenvalue weighted by atomic mass is 10.0. The van der Waals surface area contributed by atoms with Gasteiger partial charge in [-0.05, 0) is 60.5 Å². The Morgan fingerprint density at radius 1 is 0.844 bits per heavy atom. The van der Waals surface area contributed by atoms with Crippen LogP contribution in [0.25, 0.3) is 0 Å². The van der Waals surface area contributed by atoms with Crippen molar-refractivity contribution in [2.75, 3.05) is 17.9 Å². The van der Waals surface area contributed by atoms with Crippen molar-refractivity contribution >= 4 is 27.5 Å². The molecule has 0 aliphatic heterocycles. The van der Waals surface area contributed by atoms with Crippen LogP contribution in [0.5, 0.6) is 0 Å². The number of halogens is 4. The van der Waals surface area contributed by atoms with Crippen LogP contribution in [-0.2, 0) is 38.8 Å². The van der Waals surface area contributed by atoms with Crippen molar-refractivity contribution in [3.8, 4) is 0 Å². The molecule has 4 aromatic carbocycles. The summed E-state index contributed by atoms with van der Waals surface area (Å²) < 4.78 is 83.3. The first-order valence-corrected chi connectivity index (χ1v) is 15.3. The number of hydrogen-bond donors (Lipinski definition) is 1. The van der Waals surface area contributed by atoms with Gasteiger partial charge in [0.2, 0.25) is 11.8 Å². The number of carbonyl (C=O) groups is 2. The van der Waals surface area contributed by atoms with Gasteiger partial charge in [0.05, 0.1) is 16.1 Å². The quantitative estimate of drug-likeness (QED) is 0.212. The Balaban J connectivity index is 1.82. The highest BCUT2D eigenvalue weighted by Crippen LogP contribution is 2.33. The number of rotatable bonds is 11. The zero-order chi connectivity index (χ0) is 32.8. The molecule has 0 aromatic heterocycles. The van der Waals surface area contributed by atoms with E-state index in [2.05, 4.69) is 5.32 Å². The monoisotopic (exact) mass is 641 g/mol. The lowest BCUT2D eigenvalue weighted by molar-refractivity contribution is -0.139. The minimum absolute atomic E-state index is 0.0434. The van der Waals surface area contributed by atoms with Crippen LogP contribution in [0.1, 0.15) is 22.3 Å². The van der Waals surface area contributed by atoms with Crippen LogP contribution in [-0.4, -0.2) is 44.8 Å². The Kier molecular flexibility index (Phi) is 10.3. The molecule has 0 aliphatic carbocycles. The summed E-state index contributed by atoms with van der Waals surface area (Å²) in [6, 6.07) is 22.2. The Morgan fingerprint density at radius 3 is 2.09 bits per heavy atom. The molecule has 1 atom stereocenters. The van der Waals surface area contributed by atoms with E-state index in [0.717, 1.165) is 22.6 Å². The molecule has 0 aliphatic rings. The Bertz CT molecular complexity index is 1730. The molecule has 2 amide bonds. The van der Waals surface area contributed by atoms with Gasteiger partial charge < -0.3 is 10.2 Å². The van der Waals surface area contributed by atoms with E-state index in [0.29, 0.717) is 21.5 Å². The molecular weight excluding hydrogens is 610 g/mol. The van der Waals surface area contributed by atoms with Crippen LogP contribution in [0.15, 0.2) is 108 Å². The third-order valence-corrected chi connectivity index (χ3v) is 8.92. The number of hydrogen-bond acceptors (Lipinski definition) is 4. The van der Waals surface area contributed by atoms with E-state index in [4.69, 9.17) is 0 Å². The maximum atomic E-state index is 14.2. The maximum Gasteiger partial charge on any atom is 0.416 e. The van der Waals surface area contributed by atoms with Gasteiger partial charge >= 0.3 is 6.18 Å². The summed E-state index contributed by atoms with van der Waals surface area (Å²) in [5.41, 5.74) is 0.395. The summed E-state index contributed by atoms with van der Waals surface area (Å²) in [6.45, 7) is 0.593. The van der Waals surface area contributed by atoms with Gasteiger partial charge in [0, 0.05) is 20.0 Å². The molecule has 0 fully saturated rings. The normalized spacial score (nSPS) is 12.3. The smallest absolute Gasteiger partial charge is 0.357 e. The summed E-state index contributed by atoms with van der Waals surface area (Å²) in [7, 11) is -3.20. The number of amides is 2. The fourth-order valence-corrected chi connectivity index (χ4v) is 6.12. The SMILES string of the molecule is CNC(=O)[C@@H](Cc1ccccc1)N(Cc1ccc(F)cc1)C(=O)CN(c1cccc(C(F)(F)F)c1)S(=O)(=O)c1ccc(C)cc1. The number of benzene rings is 4. The number of nitrogens with one attached hydrogen (secondary N) is 1. The molecule has 0 radical (unpaired) electrons. The molecule has 1 N–H and O–H groups in total. The molecule has 0 heterocycles. The summed E-state index contributed by atoms with van der Waals surface area (Å²) in [5, 5.41) is 2.54. The summed E-state index contributed by atoms with van der Waals surface area (Å²) in [6.07, 6.45) is -4.74. The van der Waals surface area contributed by atoms with Gasteiger partial charge in [-0.3, -0.25) is 13.9 Å². The number of aryl methyl sites for hydroxylation is 1. The highest BCUT2D eigenvalue weighted by atomic mass is 32.2. The summed E-state index contributed by atoms with van der Waals surface area (Å²) in [4.78, 5) is 28.4. The zero-order valence-corrected chi connectivity index (χ0v) is 25.3. The fourth-order valence-electron chi connectivity index (χ4n) is 4.71. The first kappa shape index (κ1) is 33.2. The molecule has 0 saturated carbocycles. The molecular formula is C33H31F4N3O4S. The largest absolute Gasteiger partial charge is 0.416 e. The number of alkyl halides is 3. The standard InChI is InChI=1S/C33H31F4N3O4S/c1-23-11-17-29(18-12-23)45(43,44)40(28-10-6-9-26(20-28)33(35,36)37)22-31(41)39(21-25-13-15-27(34)16-14-25)30(32(42)38-2)19-24-7-4-3-5-8-24/h3-18,20,30H,19,21-22H2,1-2H3,(H,38,42)/t30-/m1/s1. The van der Waals surface area contributed by atoms with Gasteiger partial charge in [0.25, 0.3) is 10.0 Å². The number of anilines is 1. The second kappa shape index (κ2) is 13.9. The molecule has 7 nitrogen and oxygen atoms in total. The van der Waals surface area contributed by atoms with Gasteiger partial charge in [-0.15, -0.1) is 0 Å². The molecule has 4 aromatic rings. The van der Waals surface area contributed by atoms with E-state index in [1.54, 1.807) is 37.3 Å².